The number of benzene rings is 1. The van der Waals surface area contributed by atoms with E-state index in [1.807, 2.05) is 42.5 Å². The average Bonchev–Trinajstić information content (AvgIpc) is 3.14. The summed E-state index contributed by atoms with van der Waals surface area (Å²) in [4.78, 5) is 39.7. The molecule has 0 aliphatic rings. The SMILES string of the molecule is CCOC(=O)c1c2nc3ccccc3nc2n2c1[nH]c(=O)c1c(C)c(C)sc12. The van der Waals surface area contributed by atoms with Crippen molar-refractivity contribution in [3.05, 3.63) is 50.6 Å². The first-order chi connectivity index (χ1) is 13.5. The van der Waals surface area contributed by atoms with Gasteiger partial charge in [0.25, 0.3) is 5.56 Å². The number of fused-ring (bicyclic) bond motifs is 6. The third-order valence-corrected chi connectivity index (χ3v) is 6.16. The van der Waals surface area contributed by atoms with Gasteiger partial charge in [0.05, 0.1) is 23.0 Å². The number of thiophene rings is 1. The number of rotatable bonds is 2. The smallest absolute Gasteiger partial charge is 0.344 e. The second kappa shape index (κ2) is 5.87. The topological polar surface area (TPSA) is 89.3 Å². The summed E-state index contributed by atoms with van der Waals surface area (Å²) in [5.41, 5.74) is 3.63. The monoisotopic (exact) mass is 392 g/mol. The molecule has 1 N–H and O–H groups in total. The number of carbonyl (C=O) groups excluding carboxylic acids is 1. The number of H-pyrrole nitrogens is 1. The van der Waals surface area contributed by atoms with Crippen LogP contribution in [-0.2, 0) is 4.74 Å². The van der Waals surface area contributed by atoms with E-state index in [1.165, 1.54) is 11.3 Å². The van der Waals surface area contributed by atoms with E-state index < -0.39 is 5.97 Å². The molecule has 4 heterocycles. The lowest BCUT2D eigenvalue weighted by atomic mass is 10.2. The summed E-state index contributed by atoms with van der Waals surface area (Å²) in [5.74, 6) is -0.528. The molecule has 7 nitrogen and oxygen atoms in total. The Labute approximate surface area is 162 Å². The molecule has 1 aromatic carbocycles. The molecule has 0 bridgehead atoms. The van der Waals surface area contributed by atoms with Crippen molar-refractivity contribution in [2.45, 2.75) is 20.8 Å². The number of aryl methyl sites for hydroxylation is 2. The molecule has 0 spiro atoms. The Balaban J connectivity index is 2.09. The van der Waals surface area contributed by atoms with E-state index in [-0.39, 0.29) is 17.7 Å². The van der Waals surface area contributed by atoms with Crippen molar-refractivity contribution in [3.63, 3.8) is 0 Å². The van der Waals surface area contributed by atoms with Crippen LogP contribution in [0.2, 0.25) is 0 Å². The molecule has 28 heavy (non-hydrogen) atoms. The maximum atomic E-state index is 12.8. The Hall–Kier alpha value is -3.26. The summed E-state index contributed by atoms with van der Waals surface area (Å²) in [6, 6.07) is 7.48. The Morgan fingerprint density at radius 3 is 2.64 bits per heavy atom. The molecule has 140 valence electrons. The minimum Gasteiger partial charge on any atom is -0.462 e. The lowest BCUT2D eigenvalue weighted by Gasteiger charge is -2.01. The van der Waals surface area contributed by atoms with Crippen molar-refractivity contribution in [2.75, 3.05) is 6.61 Å². The first-order valence-electron chi connectivity index (χ1n) is 8.91. The molecular weight excluding hydrogens is 376 g/mol. The second-order valence-electron chi connectivity index (χ2n) is 6.58. The van der Waals surface area contributed by atoms with Gasteiger partial charge in [-0.3, -0.25) is 9.20 Å². The van der Waals surface area contributed by atoms with Gasteiger partial charge in [0.1, 0.15) is 21.6 Å². The van der Waals surface area contributed by atoms with Gasteiger partial charge in [-0.2, -0.15) is 0 Å². The molecule has 0 radical (unpaired) electrons. The minimum atomic E-state index is -0.528. The maximum absolute atomic E-state index is 12.8. The van der Waals surface area contributed by atoms with Gasteiger partial charge in [-0.05, 0) is 38.5 Å². The summed E-state index contributed by atoms with van der Waals surface area (Å²) >= 11 is 1.50. The third-order valence-electron chi connectivity index (χ3n) is 4.97. The van der Waals surface area contributed by atoms with Gasteiger partial charge >= 0.3 is 5.97 Å². The molecule has 0 amide bonds. The summed E-state index contributed by atoms with van der Waals surface area (Å²) in [7, 11) is 0. The molecule has 0 unspecified atom stereocenters. The Bertz CT molecular complexity index is 1490. The summed E-state index contributed by atoms with van der Waals surface area (Å²) in [6.07, 6.45) is 0. The van der Waals surface area contributed by atoms with Gasteiger partial charge in [0, 0.05) is 4.88 Å². The fourth-order valence-corrected chi connectivity index (χ4v) is 4.72. The number of esters is 1. The molecule has 0 aliphatic carbocycles. The molecule has 5 aromatic rings. The highest BCUT2D eigenvalue weighted by Gasteiger charge is 2.26. The maximum Gasteiger partial charge on any atom is 0.344 e. The van der Waals surface area contributed by atoms with Crippen LogP contribution in [0.25, 0.3) is 38.1 Å². The number of nitrogens with zero attached hydrogens (tertiary/aromatic N) is 3. The number of hydrogen-bond acceptors (Lipinski definition) is 6. The van der Waals surface area contributed by atoms with E-state index in [2.05, 4.69) is 9.97 Å². The quantitative estimate of drug-likeness (QED) is 0.462. The van der Waals surface area contributed by atoms with E-state index in [9.17, 15) is 9.59 Å². The molecular formula is C20H16N4O3S. The zero-order valence-electron chi connectivity index (χ0n) is 15.5. The van der Waals surface area contributed by atoms with E-state index in [0.717, 1.165) is 15.3 Å². The lowest BCUT2D eigenvalue weighted by Crippen LogP contribution is -2.12. The first kappa shape index (κ1) is 16.9. The standard InChI is InChI=1S/C20H16N4O3S/c1-4-27-20(26)14-15-17(22-12-8-6-5-7-11(12)21-15)24-16(14)23-18(25)13-9(2)10(3)28-19(13)24/h5-8H,4H2,1-3H3,(H,23,25). The lowest BCUT2D eigenvalue weighted by molar-refractivity contribution is 0.0530. The average molecular weight is 392 g/mol. The first-order valence-corrected chi connectivity index (χ1v) is 9.73. The number of nitrogens with one attached hydrogen (secondary N) is 1. The number of hydrogen-bond donors (Lipinski definition) is 1. The normalized spacial score (nSPS) is 11.8. The molecule has 0 saturated heterocycles. The van der Waals surface area contributed by atoms with Gasteiger partial charge < -0.3 is 9.72 Å². The molecule has 0 fully saturated rings. The number of aromatic nitrogens is 4. The van der Waals surface area contributed by atoms with E-state index in [1.54, 1.807) is 6.92 Å². The van der Waals surface area contributed by atoms with Gasteiger partial charge in [-0.15, -0.1) is 11.3 Å². The van der Waals surface area contributed by atoms with Crippen LogP contribution in [0.3, 0.4) is 0 Å². The number of para-hydroxylation sites is 2. The Morgan fingerprint density at radius 2 is 1.93 bits per heavy atom. The molecule has 0 atom stereocenters. The van der Waals surface area contributed by atoms with Crippen LogP contribution in [-0.4, -0.2) is 31.9 Å². The second-order valence-corrected chi connectivity index (χ2v) is 7.78. The Kier molecular flexibility index (Phi) is 3.54. The van der Waals surface area contributed by atoms with Crippen molar-refractivity contribution in [1.29, 1.82) is 0 Å². The van der Waals surface area contributed by atoms with Gasteiger partial charge in [0.15, 0.2) is 5.65 Å². The third kappa shape index (κ3) is 2.15. The van der Waals surface area contributed by atoms with Crippen molar-refractivity contribution < 1.29 is 9.53 Å². The number of carbonyl (C=O) groups is 1. The highest BCUT2D eigenvalue weighted by atomic mass is 32.1. The fourth-order valence-electron chi connectivity index (χ4n) is 3.56. The zero-order valence-corrected chi connectivity index (χ0v) is 16.3. The fraction of sp³-hybridized carbons (Fsp3) is 0.200. The predicted molar refractivity (Wildman–Crippen MR) is 109 cm³/mol. The molecule has 8 heteroatoms. The van der Waals surface area contributed by atoms with E-state index >= 15 is 0 Å². The largest absolute Gasteiger partial charge is 0.462 e. The van der Waals surface area contributed by atoms with Crippen LogP contribution < -0.4 is 5.56 Å². The highest BCUT2D eigenvalue weighted by molar-refractivity contribution is 7.18. The van der Waals surface area contributed by atoms with Crippen molar-refractivity contribution in [1.82, 2.24) is 19.4 Å². The predicted octanol–water partition coefficient (Wildman–Crippen LogP) is 3.73. The molecule has 0 aliphatic heterocycles. The molecule has 4 aromatic heterocycles. The molecule has 0 saturated carbocycles. The van der Waals surface area contributed by atoms with Crippen molar-refractivity contribution in [3.8, 4) is 0 Å². The van der Waals surface area contributed by atoms with Crippen molar-refractivity contribution >= 4 is 55.4 Å². The minimum absolute atomic E-state index is 0.225. The highest BCUT2D eigenvalue weighted by Crippen LogP contribution is 2.33. The van der Waals surface area contributed by atoms with Crippen LogP contribution >= 0.6 is 11.3 Å². The van der Waals surface area contributed by atoms with Crippen LogP contribution in [0.4, 0.5) is 0 Å². The summed E-state index contributed by atoms with van der Waals surface area (Å²) < 4.78 is 7.08. The summed E-state index contributed by atoms with van der Waals surface area (Å²) in [5, 5.41) is 0.609. The van der Waals surface area contributed by atoms with Crippen LogP contribution in [0.5, 0.6) is 0 Å². The van der Waals surface area contributed by atoms with Crippen LogP contribution in [0.1, 0.15) is 27.7 Å². The van der Waals surface area contributed by atoms with Crippen molar-refractivity contribution in [2.24, 2.45) is 0 Å². The van der Waals surface area contributed by atoms with Crippen LogP contribution in [0, 0.1) is 13.8 Å². The number of ether oxygens (including phenoxy) is 1. The Morgan fingerprint density at radius 1 is 1.21 bits per heavy atom. The molecule has 5 rings (SSSR count). The zero-order chi connectivity index (χ0) is 19.6. The van der Waals surface area contributed by atoms with E-state index in [4.69, 9.17) is 9.72 Å². The number of aromatic amines is 1. The van der Waals surface area contributed by atoms with Crippen LogP contribution in [0.15, 0.2) is 29.1 Å². The van der Waals surface area contributed by atoms with Gasteiger partial charge in [-0.1, -0.05) is 12.1 Å². The van der Waals surface area contributed by atoms with Gasteiger partial charge in [0.2, 0.25) is 0 Å². The van der Waals surface area contributed by atoms with E-state index in [0.29, 0.717) is 33.2 Å². The van der Waals surface area contributed by atoms with Gasteiger partial charge in [-0.25, -0.2) is 14.8 Å². The summed E-state index contributed by atoms with van der Waals surface area (Å²) in [6.45, 7) is 5.87.